The van der Waals surface area contributed by atoms with Crippen LogP contribution in [0.3, 0.4) is 0 Å². The van der Waals surface area contributed by atoms with Crippen molar-refractivity contribution in [3.63, 3.8) is 0 Å². The predicted octanol–water partition coefficient (Wildman–Crippen LogP) is 1.13. The quantitative estimate of drug-likeness (QED) is 0.572. The Hall–Kier alpha value is -2.00. The third-order valence-corrected chi connectivity index (χ3v) is 1.48. The molecule has 12 heavy (non-hydrogen) atoms. The standard InChI is InChI=1S/C9H7N3/c10-5-7-1-2-9(12)4-8(3-7)6-11/h2-4H,1,12H2. The first-order valence-electron chi connectivity index (χ1n) is 3.44. The fraction of sp³-hybridized carbons (Fsp3) is 0.111. The minimum absolute atomic E-state index is 0.429. The van der Waals surface area contributed by atoms with Gasteiger partial charge in [0.1, 0.15) is 0 Å². The van der Waals surface area contributed by atoms with Gasteiger partial charge in [0.25, 0.3) is 0 Å². The topological polar surface area (TPSA) is 73.6 Å². The summed E-state index contributed by atoms with van der Waals surface area (Å²) < 4.78 is 0. The third kappa shape index (κ3) is 1.74. The zero-order valence-electron chi connectivity index (χ0n) is 6.41. The van der Waals surface area contributed by atoms with Gasteiger partial charge in [-0.3, -0.25) is 0 Å². The van der Waals surface area contributed by atoms with Gasteiger partial charge in [-0.1, -0.05) is 6.08 Å². The average molecular weight is 157 g/mol. The van der Waals surface area contributed by atoms with Crippen LogP contribution in [0, 0.1) is 22.7 Å². The highest BCUT2D eigenvalue weighted by Crippen LogP contribution is 2.12. The van der Waals surface area contributed by atoms with Crippen LogP contribution in [-0.4, -0.2) is 0 Å². The molecule has 0 unspecified atom stereocenters. The molecule has 0 amide bonds. The Kier molecular flexibility index (Phi) is 2.30. The van der Waals surface area contributed by atoms with E-state index in [4.69, 9.17) is 16.3 Å². The van der Waals surface area contributed by atoms with Crippen LogP contribution >= 0.6 is 0 Å². The van der Waals surface area contributed by atoms with Crippen molar-refractivity contribution in [2.45, 2.75) is 6.42 Å². The summed E-state index contributed by atoms with van der Waals surface area (Å²) in [4.78, 5) is 0. The molecule has 1 aliphatic rings. The van der Waals surface area contributed by atoms with Gasteiger partial charge in [0.2, 0.25) is 0 Å². The van der Waals surface area contributed by atoms with Gasteiger partial charge in [0, 0.05) is 17.7 Å². The molecule has 1 aliphatic carbocycles. The van der Waals surface area contributed by atoms with Crippen LogP contribution in [0.15, 0.2) is 35.1 Å². The molecular formula is C9H7N3. The number of nitriles is 2. The molecule has 1 rings (SSSR count). The lowest BCUT2D eigenvalue weighted by Gasteiger charge is -1.87. The number of nitrogens with zero attached hydrogens (tertiary/aromatic N) is 2. The largest absolute Gasteiger partial charge is 0.399 e. The van der Waals surface area contributed by atoms with Gasteiger partial charge >= 0.3 is 0 Å². The fourth-order valence-electron chi connectivity index (χ4n) is 0.897. The molecule has 0 aromatic heterocycles. The van der Waals surface area contributed by atoms with Crippen LogP contribution in [0.25, 0.3) is 0 Å². The maximum atomic E-state index is 8.59. The molecule has 0 aromatic rings. The molecule has 0 spiro atoms. The molecule has 0 radical (unpaired) electrons. The van der Waals surface area contributed by atoms with E-state index in [1.54, 1.807) is 18.2 Å². The Labute approximate surface area is 70.7 Å². The number of hydrogen-bond acceptors (Lipinski definition) is 3. The van der Waals surface area contributed by atoms with Crippen LogP contribution in [-0.2, 0) is 0 Å². The Morgan fingerprint density at radius 3 is 2.58 bits per heavy atom. The van der Waals surface area contributed by atoms with E-state index < -0.39 is 0 Å². The molecule has 0 bridgehead atoms. The van der Waals surface area contributed by atoms with E-state index in [9.17, 15) is 0 Å². The molecule has 2 N–H and O–H groups in total. The summed E-state index contributed by atoms with van der Waals surface area (Å²) >= 11 is 0. The van der Waals surface area contributed by atoms with Crippen molar-refractivity contribution in [3.8, 4) is 12.1 Å². The molecular weight excluding hydrogens is 150 g/mol. The van der Waals surface area contributed by atoms with Gasteiger partial charge in [-0.2, -0.15) is 10.5 Å². The first-order valence-corrected chi connectivity index (χ1v) is 3.44. The van der Waals surface area contributed by atoms with E-state index in [1.807, 2.05) is 12.1 Å². The van der Waals surface area contributed by atoms with E-state index in [-0.39, 0.29) is 0 Å². The Bertz CT molecular complexity index is 358. The summed E-state index contributed by atoms with van der Waals surface area (Å²) in [5.74, 6) is 0. The molecule has 3 heteroatoms. The van der Waals surface area contributed by atoms with Gasteiger partial charge < -0.3 is 5.73 Å². The third-order valence-electron chi connectivity index (χ3n) is 1.48. The van der Waals surface area contributed by atoms with Gasteiger partial charge in [-0.25, -0.2) is 0 Å². The second kappa shape index (κ2) is 3.41. The van der Waals surface area contributed by atoms with E-state index in [0.29, 0.717) is 23.3 Å². The normalized spacial score (nSPS) is 16.0. The molecule has 0 heterocycles. The summed E-state index contributed by atoms with van der Waals surface area (Å²) in [6.07, 6.45) is 5.34. The summed E-state index contributed by atoms with van der Waals surface area (Å²) in [6, 6.07) is 3.95. The van der Waals surface area contributed by atoms with E-state index >= 15 is 0 Å². The highest BCUT2D eigenvalue weighted by Gasteiger charge is 2.01. The lowest BCUT2D eigenvalue weighted by Crippen LogP contribution is -1.92. The Balaban J connectivity index is 3.08. The van der Waals surface area contributed by atoms with Crippen molar-refractivity contribution >= 4 is 0 Å². The maximum Gasteiger partial charge on any atom is 0.0992 e. The van der Waals surface area contributed by atoms with Crippen molar-refractivity contribution in [2.75, 3.05) is 0 Å². The fourth-order valence-corrected chi connectivity index (χ4v) is 0.897. The molecule has 0 saturated heterocycles. The molecule has 0 aliphatic heterocycles. The highest BCUT2D eigenvalue weighted by atomic mass is 14.6. The second-order valence-electron chi connectivity index (χ2n) is 2.40. The summed E-state index contributed by atoms with van der Waals surface area (Å²) in [5.41, 5.74) is 7.03. The lowest BCUT2D eigenvalue weighted by molar-refractivity contribution is 1.25. The number of hydrogen-bond donors (Lipinski definition) is 1. The molecule has 58 valence electrons. The van der Waals surface area contributed by atoms with E-state index in [2.05, 4.69) is 0 Å². The van der Waals surface area contributed by atoms with E-state index in [0.717, 1.165) is 0 Å². The second-order valence-corrected chi connectivity index (χ2v) is 2.40. The van der Waals surface area contributed by atoms with Crippen LogP contribution in [0.5, 0.6) is 0 Å². The van der Waals surface area contributed by atoms with Crippen molar-refractivity contribution in [2.24, 2.45) is 5.73 Å². The average Bonchev–Trinajstić information content (AvgIpc) is 2.26. The number of rotatable bonds is 0. The summed E-state index contributed by atoms with van der Waals surface area (Å²) in [7, 11) is 0. The van der Waals surface area contributed by atoms with Gasteiger partial charge in [-0.15, -0.1) is 0 Å². The lowest BCUT2D eigenvalue weighted by atomic mass is 10.1. The van der Waals surface area contributed by atoms with Crippen molar-refractivity contribution in [3.05, 3.63) is 35.1 Å². The smallest absolute Gasteiger partial charge is 0.0992 e. The molecule has 0 atom stereocenters. The van der Waals surface area contributed by atoms with Gasteiger partial charge in [0.15, 0.2) is 0 Å². The van der Waals surface area contributed by atoms with Crippen molar-refractivity contribution in [1.82, 2.24) is 0 Å². The van der Waals surface area contributed by atoms with Crippen molar-refractivity contribution in [1.29, 1.82) is 10.5 Å². The summed E-state index contributed by atoms with van der Waals surface area (Å²) in [5, 5.41) is 17.2. The predicted molar refractivity (Wildman–Crippen MR) is 44.3 cm³/mol. The monoisotopic (exact) mass is 157 g/mol. The van der Waals surface area contributed by atoms with Crippen LogP contribution in [0.1, 0.15) is 6.42 Å². The van der Waals surface area contributed by atoms with Crippen LogP contribution in [0.4, 0.5) is 0 Å². The zero-order valence-corrected chi connectivity index (χ0v) is 6.41. The molecule has 0 saturated carbocycles. The number of nitrogens with two attached hydrogens (primary N) is 1. The highest BCUT2D eigenvalue weighted by molar-refractivity contribution is 5.46. The SMILES string of the molecule is N#CC1=CC(N)=CCC(C#N)=C1. The molecule has 0 fully saturated rings. The minimum atomic E-state index is 0.429. The first kappa shape index (κ1) is 8.10. The Morgan fingerprint density at radius 2 is 2.00 bits per heavy atom. The number of allylic oxidation sites excluding steroid dienone is 5. The zero-order chi connectivity index (χ0) is 8.97. The van der Waals surface area contributed by atoms with Crippen molar-refractivity contribution < 1.29 is 0 Å². The molecule has 0 aromatic carbocycles. The van der Waals surface area contributed by atoms with E-state index in [1.165, 1.54) is 0 Å². The van der Waals surface area contributed by atoms with Crippen LogP contribution in [0.2, 0.25) is 0 Å². The maximum absolute atomic E-state index is 8.59. The van der Waals surface area contributed by atoms with Crippen LogP contribution < -0.4 is 5.73 Å². The molecule has 3 nitrogen and oxygen atoms in total. The Morgan fingerprint density at radius 1 is 1.25 bits per heavy atom. The summed E-state index contributed by atoms with van der Waals surface area (Å²) in [6.45, 7) is 0. The van der Waals surface area contributed by atoms with Gasteiger partial charge in [0.05, 0.1) is 17.7 Å². The van der Waals surface area contributed by atoms with Gasteiger partial charge in [-0.05, 0) is 12.2 Å². The first-order chi connectivity index (χ1) is 5.76. The minimum Gasteiger partial charge on any atom is -0.399 e.